The number of aryl methyl sites for hydroxylation is 1. The van der Waals surface area contributed by atoms with Gasteiger partial charge in [0.05, 0.1) is 28.8 Å². The fourth-order valence-electron chi connectivity index (χ4n) is 4.83. The lowest BCUT2D eigenvalue weighted by Gasteiger charge is -2.18. The van der Waals surface area contributed by atoms with E-state index in [-0.39, 0.29) is 30.0 Å². The minimum absolute atomic E-state index is 0.0762. The van der Waals surface area contributed by atoms with E-state index < -0.39 is 5.25 Å². The van der Waals surface area contributed by atoms with Crippen LogP contribution in [0.15, 0.2) is 82.7 Å². The second-order valence-corrected chi connectivity index (χ2v) is 11.4. The summed E-state index contributed by atoms with van der Waals surface area (Å²) in [5.41, 5.74) is 3.59. The highest BCUT2D eigenvalue weighted by Crippen LogP contribution is 2.27. The number of rotatable bonds is 10. The van der Waals surface area contributed by atoms with E-state index in [0.29, 0.717) is 34.6 Å². The van der Waals surface area contributed by atoms with Gasteiger partial charge in [0.1, 0.15) is 0 Å². The molecule has 1 aliphatic heterocycles. The Hall–Kier alpha value is -3.95. The summed E-state index contributed by atoms with van der Waals surface area (Å²) in [6.45, 7) is 5.42. The van der Waals surface area contributed by atoms with Crippen LogP contribution >= 0.6 is 11.8 Å². The van der Waals surface area contributed by atoms with Crippen LogP contribution in [-0.2, 0) is 16.1 Å². The van der Waals surface area contributed by atoms with E-state index in [1.807, 2.05) is 68.4 Å². The average molecular weight is 571 g/mol. The zero-order chi connectivity index (χ0) is 28.8. The molecule has 2 N–H and O–H groups in total. The molecule has 0 spiro atoms. The van der Waals surface area contributed by atoms with E-state index in [4.69, 9.17) is 9.72 Å². The summed E-state index contributed by atoms with van der Waals surface area (Å²) in [5, 5.41) is 6.47. The van der Waals surface area contributed by atoms with Gasteiger partial charge in [-0.15, -0.1) is 0 Å². The molecule has 1 aromatic heterocycles. The van der Waals surface area contributed by atoms with Gasteiger partial charge in [0, 0.05) is 24.4 Å². The number of aromatic nitrogens is 2. The number of benzene rings is 3. The Kier molecular flexibility index (Phi) is 9.16. The minimum atomic E-state index is -0.454. The summed E-state index contributed by atoms with van der Waals surface area (Å²) in [5.74, 6) is -0.298. The fraction of sp³-hybridized carbons (Fsp3) is 0.312. The van der Waals surface area contributed by atoms with Crippen molar-refractivity contribution in [1.29, 1.82) is 0 Å². The first-order valence-electron chi connectivity index (χ1n) is 13.9. The van der Waals surface area contributed by atoms with E-state index in [0.717, 1.165) is 36.3 Å². The maximum atomic E-state index is 13.6. The first-order chi connectivity index (χ1) is 19.9. The lowest BCUT2D eigenvalue weighted by atomic mass is 10.1. The summed E-state index contributed by atoms with van der Waals surface area (Å²) in [4.78, 5) is 44.3. The van der Waals surface area contributed by atoms with Crippen molar-refractivity contribution in [1.82, 2.24) is 14.9 Å². The molecule has 2 atom stereocenters. The van der Waals surface area contributed by atoms with Crippen LogP contribution in [0.25, 0.3) is 10.9 Å². The van der Waals surface area contributed by atoms with Crippen molar-refractivity contribution >= 4 is 40.2 Å². The van der Waals surface area contributed by atoms with Crippen LogP contribution in [0.1, 0.15) is 47.7 Å². The molecule has 2 heterocycles. The first kappa shape index (κ1) is 28.6. The zero-order valence-electron chi connectivity index (χ0n) is 23.3. The van der Waals surface area contributed by atoms with Crippen molar-refractivity contribution < 1.29 is 14.3 Å². The minimum Gasteiger partial charge on any atom is -0.376 e. The van der Waals surface area contributed by atoms with Crippen LogP contribution < -0.4 is 16.2 Å². The lowest BCUT2D eigenvalue weighted by molar-refractivity contribution is -0.115. The third kappa shape index (κ3) is 7.04. The van der Waals surface area contributed by atoms with Crippen LogP contribution in [0.3, 0.4) is 0 Å². The Labute approximate surface area is 243 Å². The predicted octanol–water partition coefficient (Wildman–Crippen LogP) is 5.17. The second kappa shape index (κ2) is 13.1. The number of amides is 2. The molecule has 0 aliphatic carbocycles. The van der Waals surface area contributed by atoms with Gasteiger partial charge in [-0.05, 0) is 73.7 Å². The number of hydrogen-bond acceptors (Lipinski definition) is 6. The van der Waals surface area contributed by atoms with Crippen molar-refractivity contribution in [3.8, 4) is 0 Å². The topological polar surface area (TPSA) is 102 Å². The molecule has 3 aromatic carbocycles. The van der Waals surface area contributed by atoms with Crippen LogP contribution in [0.5, 0.6) is 0 Å². The monoisotopic (exact) mass is 570 g/mol. The number of carbonyl (C=O) groups is 2. The van der Waals surface area contributed by atoms with Crippen LogP contribution in [0.2, 0.25) is 0 Å². The van der Waals surface area contributed by atoms with Crippen molar-refractivity contribution in [2.24, 2.45) is 0 Å². The lowest BCUT2D eigenvalue weighted by Crippen LogP contribution is -2.31. The van der Waals surface area contributed by atoms with Crippen molar-refractivity contribution in [2.45, 2.75) is 56.2 Å². The number of carbonyl (C=O) groups excluding carboxylic acids is 2. The molecule has 0 bridgehead atoms. The smallest absolute Gasteiger partial charge is 0.262 e. The number of ether oxygens (including phenoxy) is 1. The van der Waals surface area contributed by atoms with Gasteiger partial charge in [0.2, 0.25) is 5.91 Å². The zero-order valence-corrected chi connectivity index (χ0v) is 24.1. The normalized spacial score (nSPS) is 15.5. The number of fused-ring (bicyclic) bond motifs is 1. The Morgan fingerprint density at radius 2 is 1.90 bits per heavy atom. The summed E-state index contributed by atoms with van der Waals surface area (Å²) >= 11 is 1.29. The van der Waals surface area contributed by atoms with Crippen molar-refractivity contribution in [2.75, 3.05) is 18.5 Å². The highest BCUT2D eigenvalue weighted by Gasteiger charge is 2.23. The number of hydrogen-bond donors (Lipinski definition) is 2. The van der Waals surface area contributed by atoms with E-state index in [1.165, 1.54) is 11.8 Å². The van der Waals surface area contributed by atoms with E-state index in [9.17, 15) is 14.4 Å². The maximum absolute atomic E-state index is 13.6. The summed E-state index contributed by atoms with van der Waals surface area (Å²) in [7, 11) is 0. The summed E-state index contributed by atoms with van der Waals surface area (Å²) in [6.07, 6.45) is 2.61. The molecule has 4 aromatic rings. The molecule has 9 heteroatoms. The van der Waals surface area contributed by atoms with E-state index >= 15 is 0 Å². The van der Waals surface area contributed by atoms with E-state index in [2.05, 4.69) is 10.6 Å². The third-order valence-corrected chi connectivity index (χ3v) is 8.45. The van der Waals surface area contributed by atoms with Gasteiger partial charge in [0.25, 0.3) is 11.5 Å². The van der Waals surface area contributed by atoms with Gasteiger partial charge in [-0.3, -0.25) is 19.0 Å². The van der Waals surface area contributed by atoms with Gasteiger partial charge in [-0.2, -0.15) is 0 Å². The SMILES string of the molecule is CC[C@@H](Sc1nc2ccccc2c(=O)n1Cc1ccc(C(=O)NC[C@H]2CCCO2)cc1)C(=O)Nc1cccc(C)c1. The number of nitrogens with zero attached hydrogens (tertiary/aromatic N) is 2. The van der Waals surface area contributed by atoms with Crippen LogP contribution in [0.4, 0.5) is 5.69 Å². The van der Waals surface area contributed by atoms with Crippen LogP contribution in [0, 0.1) is 6.92 Å². The molecule has 1 aliphatic rings. The first-order valence-corrected chi connectivity index (χ1v) is 14.8. The average Bonchev–Trinajstić information content (AvgIpc) is 3.50. The summed E-state index contributed by atoms with van der Waals surface area (Å²) < 4.78 is 7.20. The fourth-order valence-corrected chi connectivity index (χ4v) is 5.84. The molecule has 5 rings (SSSR count). The Bertz CT molecular complexity index is 1600. The number of para-hydroxylation sites is 1. The van der Waals surface area contributed by atoms with Gasteiger partial charge in [-0.1, -0.05) is 55.1 Å². The number of anilines is 1. The molecule has 0 unspecified atom stereocenters. The Morgan fingerprint density at radius 3 is 2.63 bits per heavy atom. The molecular weight excluding hydrogens is 536 g/mol. The van der Waals surface area contributed by atoms with Crippen LogP contribution in [-0.4, -0.2) is 45.9 Å². The Morgan fingerprint density at radius 1 is 1.10 bits per heavy atom. The molecule has 2 amide bonds. The quantitative estimate of drug-likeness (QED) is 0.201. The van der Waals surface area contributed by atoms with Crippen molar-refractivity contribution in [3.05, 3.63) is 99.8 Å². The molecule has 212 valence electrons. The Balaban J connectivity index is 1.37. The summed E-state index contributed by atoms with van der Waals surface area (Å²) in [6, 6.07) is 22.1. The molecule has 41 heavy (non-hydrogen) atoms. The molecule has 0 saturated carbocycles. The number of nitrogens with one attached hydrogen (secondary N) is 2. The third-order valence-electron chi connectivity index (χ3n) is 7.09. The number of thioether (sulfide) groups is 1. The van der Waals surface area contributed by atoms with Gasteiger partial charge < -0.3 is 15.4 Å². The maximum Gasteiger partial charge on any atom is 0.262 e. The van der Waals surface area contributed by atoms with Crippen molar-refractivity contribution in [3.63, 3.8) is 0 Å². The largest absolute Gasteiger partial charge is 0.376 e. The molecular formula is C32H34N4O4S. The van der Waals surface area contributed by atoms with E-state index in [1.54, 1.807) is 22.8 Å². The highest BCUT2D eigenvalue weighted by atomic mass is 32.2. The second-order valence-electron chi connectivity index (χ2n) is 10.2. The van der Waals surface area contributed by atoms with Gasteiger partial charge in [0.15, 0.2) is 5.16 Å². The highest BCUT2D eigenvalue weighted by molar-refractivity contribution is 8.00. The standard InChI is InChI=1S/C32H34N4O4S/c1-3-28(30(38)34-24-9-6-8-21(2)18-24)41-32-35-27-12-5-4-11-26(27)31(39)36(32)20-22-13-15-23(16-14-22)29(37)33-19-25-10-7-17-40-25/h4-6,8-9,11-16,18,25,28H,3,7,10,17,19-20H2,1-2H3,(H,33,37)(H,34,38)/t25-,28-/m1/s1. The predicted molar refractivity (Wildman–Crippen MR) is 163 cm³/mol. The molecule has 1 saturated heterocycles. The molecule has 8 nitrogen and oxygen atoms in total. The van der Waals surface area contributed by atoms with Gasteiger partial charge >= 0.3 is 0 Å². The molecule has 0 radical (unpaired) electrons. The molecule has 1 fully saturated rings. The van der Waals surface area contributed by atoms with Gasteiger partial charge in [-0.25, -0.2) is 4.98 Å².